The van der Waals surface area contributed by atoms with Gasteiger partial charge in [0.1, 0.15) is 5.82 Å². The number of nitrogens with one attached hydrogen (secondary N) is 2. The summed E-state index contributed by atoms with van der Waals surface area (Å²) in [5, 5.41) is 12.1. The summed E-state index contributed by atoms with van der Waals surface area (Å²) in [7, 11) is 1.66. The molecule has 3 rings (SSSR count). The first-order chi connectivity index (χ1) is 13.6. The molecule has 0 unspecified atom stereocenters. The van der Waals surface area contributed by atoms with Crippen molar-refractivity contribution in [3.05, 3.63) is 39.6 Å². The Balaban J connectivity index is 1.72. The molecule has 0 radical (unpaired) electrons. The van der Waals surface area contributed by atoms with Crippen molar-refractivity contribution in [2.75, 3.05) is 38.4 Å². The quantitative estimate of drug-likeness (QED) is 0.197. The maximum Gasteiger partial charge on any atom is 0.252 e. The van der Waals surface area contributed by atoms with Crippen LogP contribution in [0.25, 0.3) is 11.0 Å². The van der Waals surface area contributed by atoms with Gasteiger partial charge in [0, 0.05) is 23.8 Å². The Kier molecular flexibility index (Phi) is 7.45. The fourth-order valence-corrected chi connectivity index (χ4v) is 3.61. The van der Waals surface area contributed by atoms with Gasteiger partial charge in [-0.15, -0.1) is 0 Å². The lowest BCUT2D eigenvalue weighted by Crippen LogP contribution is -2.28. The average Bonchev–Trinajstić information content (AvgIpc) is 3.11. The third-order valence-corrected chi connectivity index (χ3v) is 5.47. The number of benzene rings is 1. The number of anilines is 1. The van der Waals surface area contributed by atoms with Gasteiger partial charge in [0.15, 0.2) is 10.8 Å². The molecular weight excluding hydrogens is 491 g/mol. The van der Waals surface area contributed by atoms with Crippen LogP contribution < -0.4 is 10.6 Å². The van der Waals surface area contributed by atoms with E-state index in [2.05, 4.69) is 48.3 Å². The molecule has 0 saturated carbocycles. The standard InChI is InChI=1S/C18H21IN6O2S/c1-27-10-8-20-15-13-11-22-25(16(13)24-18(23-15)28-2)9-7-21-17(26)12-5-3-4-6-14(12)19/h3-6,11H,7-10H2,1-2H3,(H,21,26)(H,20,23,24). The largest absolute Gasteiger partial charge is 0.383 e. The van der Waals surface area contributed by atoms with Crippen molar-refractivity contribution in [3.8, 4) is 0 Å². The van der Waals surface area contributed by atoms with Crippen molar-refractivity contribution in [1.29, 1.82) is 0 Å². The maximum absolute atomic E-state index is 12.4. The molecule has 28 heavy (non-hydrogen) atoms. The van der Waals surface area contributed by atoms with Crippen LogP contribution in [0.2, 0.25) is 0 Å². The van der Waals surface area contributed by atoms with Crippen LogP contribution in [0.3, 0.4) is 0 Å². The normalized spacial score (nSPS) is 11.0. The average molecular weight is 512 g/mol. The molecule has 0 fully saturated rings. The van der Waals surface area contributed by atoms with Gasteiger partial charge >= 0.3 is 0 Å². The highest BCUT2D eigenvalue weighted by Gasteiger charge is 2.13. The molecule has 0 aliphatic heterocycles. The molecule has 2 aromatic heterocycles. The minimum atomic E-state index is -0.0946. The number of thioether (sulfide) groups is 1. The van der Waals surface area contributed by atoms with Crippen LogP contribution in [0.15, 0.2) is 35.6 Å². The number of hydrogen-bond donors (Lipinski definition) is 2. The van der Waals surface area contributed by atoms with E-state index in [0.717, 1.165) is 20.4 Å². The highest BCUT2D eigenvalue weighted by atomic mass is 127. The van der Waals surface area contributed by atoms with Crippen LogP contribution in [0, 0.1) is 3.57 Å². The van der Waals surface area contributed by atoms with Gasteiger partial charge in [-0.3, -0.25) is 4.79 Å². The maximum atomic E-state index is 12.4. The van der Waals surface area contributed by atoms with Gasteiger partial charge in [-0.25, -0.2) is 14.6 Å². The van der Waals surface area contributed by atoms with Gasteiger partial charge < -0.3 is 15.4 Å². The molecule has 2 heterocycles. The van der Waals surface area contributed by atoms with Gasteiger partial charge in [-0.2, -0.15) is 5.10 Å². The zero-order valence-electron chi connectivity index (χ0n) is 15.6. The van der Waals surface area contributed by atoms with Gasteiger partial charge in [-0.1, -0.05) is 23.9 Å². The first-order valence-electron chi connectivity index (χ1n) is 8.67. The minimum Gasteiger partial charge on any atom is -0.383 e. The van der Waals surface area contributed by atoms with E-state index in [4.69, 9.17) is 4.74 Å². The second kappa shape index (κ2) is 10.0. The minimum absolute atomic E-state index is 0.0946. The van der Waals surface area contributed by atoms with Gasteiger partial charge in [0.05, 0.1) is 30.3 Å². The molecule has 0 aliphatic carbocycles. The van der Waals surface area contributed by atoms with E-state index in [9.17, 15) is 4.79 Å². The molecule has 3 aromatic rings. The van der Waals surface area contributed by atoms with Crippen molar-refractivity contribution in [1.82, 2.24) is 25.1 Å². The number of ether oxygens (including phenoxy) is 1. The molecule has 148 valence electrons. The summed E-state index contributed by atoms with van der Waals surface area (Å²) in [6, 6.07) is 7.50. The van der Waals surface area contributed by atoms with E-state index in [-0.39, 0.29) is 5.91 Å². The number of nitrogens with zero attached hydrogens (tertiary/aromatic N) is 4. The van der Waals surface area contributed by atoms with Gasteiger partial charge in [0.2, 0.25) is 0 Å². The van der Waals surface area contributed by atoms with Crippen molar-refractivity contribution in [3.63, 3.8) is 0 Å². The number of rotatable bonds is 9. The summed E-state index contributed by atoms with van der Waals surface area (Å²) in [5.41, 5.74) is 1.41. The number of hydrogen-bond acceptors (Lipinski definition) is 7. The third-order valence-electron chi connectivity index (χ3n) is 3.98. The monoisotopic (exact) mass is 512 g/mol. The second-order valence-electron chi connectivity index (χ2n) is 5.82. The molecule has 2 N–H and O–H groups in total. The SMILES string of the molecule is COCCNc1nc(SC)nc2c1cnn2CCNC(=O)c1ccccc1I. The number of methoxy groups -OCH3 is 1. The molecule has 0 bridgehead atoms. The highest BCUT2D eigenvalue weighted by Crippen LogP contribution is 2.23. The smallest absolute Gasteiger partial charge is 0.252 e. The van der Waals surface area contributed by atoms with Crippen LogP contribution in [-0.2, 0) is 11.3 Å². The Morgan fingerprint density at radius 1 is 1.29 bits per heavy atom. The predicted molar refractivity (Wildman–Crippen MR) is 119 cm³/mol. The fourth-order valence-electron chi connectivity index (χ4n) is 2.61. The Labute approximate surface area is 181 Å². The van der Waals surface area contributed by atoms with Crippen molar-refractivity contribution < 1.29 is 9.53 Å². The van der Waals surface area contributed by atoms with Crippen LogP contribution in [0.4, 0.5) is 5.82 Å². The number of fused-ring (bicyclic) bond motifs is 1. The molecule has 0 atom stereocenters. The molecular formula is C18H21IN6O2S. The summed E-state index contributed by atoms with van der Waals surface area (Å²) in [4.78, 5) is 21.5. The first-order valence-corrected chi connectivity index (χ1v) is 11.0. The Morgan fingerprint density at radius 3 is 2.86 bits per heavy atom. The molecule has 1 amide bonds. The Hall–Kier alpha value is -1.92. The summed E-state index contributed by atoms with van der Waals surface area (Å²) in [6.07, 6.45) is 3.68. The molecule has 10 heteroatoms. The van der Waals surface area contributed by atoms with E-state index in [1.165, 1.54) is 11.8 Å². The summed E-state index contributed by atoms with van der Waals surface area (Å²) < 4.78 is 7.79. The number of aromatic nitrogens is 4. The molecule has 8 nitrogen and oxygen atoms in total. The number of amides is 1. The van der Waals surface area contributed by atoms with E-state index in [0.29, 0.717) is 37.0 Å². The predicted octanol–water partition coefficient (Wildman–Crippen LogP) is 2.64. The summed E-state index contributed by atoms with van der Waals surface area (Å²) >= 11 is 3.63. The van der Waals surface area contributed by atoms with Crippen LogP contribution in [0.5, 0.6) is 0 Å². The van der Waals surface area contributed by atoms with Gasteiger partial charge in [-0.05, 0) is 41.0 Å². The molecule has 0 spiro atoms. The highest BCUT2D eigenvalue weighted by molar-refractivity contribution is 14.1. The second-order valence-corrected chi connectivity index (χ2v) is 7.75. The zero-order valence-corrected chi connectivity index (χ0v) is 18.6. The Bertz CT molecular complexity index is 964. The lowest BCUT2D eigenvalue weighted by Gasteiger charge is -2.09. The fraction of sp³-hybridized carbons (Fsp3) is 0.333. The van der Waals surface area contributed by atoms with Crippen LogP contribution >= 0.6 is 34.4 Å². The number of halogens is 1. The third kappa shape index (κ3) is 4.92. The van der Waals surface area contributed by atoms with Gasteiger partial charge in [0.25, 0.3) is 5.91 Å². The topological polar surface area (TPSA) is 94.0 Å². The van der Waals surface area contributed by atoms with Crippen LogP contribution in [-0.4, -0.2) is 58.7 Å². The van der Waals surface area contributed by atoms with Crippen molar-refractivity contribution >= 4 is 57.1 Å². The zero-order chi connectivity index (χ0) is 19.9. The summed E-state index contributed by atoms with van der Waals surface area (Å²) in [5.74, 6) is 0.642. The lowest BCUT2D eigenvalue weighted by molar-refractivity contribution is 0.0951. The van der Waals surface area contributed by atoms with E-state index in [1.807, 2.05) is 30.5 Å². The summed E-state index contributed by atoms with van der Waals surface area (Å²) in [6.45, 7) is 2.19. The van der Waals surface area contributed by atoms with E-state index >= 15 is 0 Å². The number of carbonyl (C=O) groups is 1. The van der Waals surface area contributed by atoms with Crippen LogP contribution in [0.1, 0.15) is 10.4 Å². The van der Waals surface area contributed by atoms with Crippen molar-refractivity contribution in [2.45, 2.75) is 11.7 Å². The first kappa shape index (κ1) is 20.8. The van der Waals surface area contributed by atoms with E-state index in [1.54, 1.807) is 18.0 Å². The van der Waals surface area contributed by atoms with Crippen molar-refractivity contribution in [2.24, 2.45) is 0 Å². The Morgan fingerprint density at radius 2 is 2.11 bits per heavy atom. The molecule has 1 aromatic carbocycles. The molecule has 0 aliphatic rings. The lowest BCUT2D eigenvalue weighted by atomic mass is 10.2. The molecule has 0 saturated heterocycles. The van der Waals surface area contributed by atoms with E-state index < -0.39 is 0 Å². The number of carbonyl (C=O) groups excluding carboxylic acids is 1.